The first-order valence-corrected chi connectivity index (χ1v) is 12.3. The lowest BCUT2D eigenvalue weighted by atomic mass is 10.2. The Morgan fingerprint density at radius 1 is 0.931 bits per heavy atom. The summed E-state index contributed by atoms with van der Waals surface area (Å²) in [5, 5.41) is -0.690. The van der Waals surface area contributed by atoms with Gasteiger partial charge in [0.15, 0.2) is 9.84 Å². The quantitative estimate of drug-likeness (QED) is 0.568. The molecule has 0 saturated heterocycles. The fraction of sp³-hybridized carbons (Fsp3) is 0.150. The zero-order valence-corrected chi connectivity index (χ0v) is 17.7. The van der Waals surface area contributed by atoms with Gasteiger partial charge in [-0.3, -0.25) is 4.98 Å². The van der Waals surface area contributed by atoms with E-state index in [2.05, 4.69) is 9.71 Å². The summed E-state index contributed by atoms with van der Waals surface area (Å²) < 4.78 is 53.9. The lowest BCUT2D eigenvalue weighted by molar-refractivity contribution is 0.568. The highest BCUT2D eigenvalue weighted by atomic mass is 35.5. The fourth-order valence-corrected chi connectivity index (χ4v) is 5.97. The zero-order valence-electron chi connectivity index (χ0n) is 15.3. The van der Waals surface area contributed by atoms with Gasteiger partial charge in [0.25, 0.3) is 0 Å². The van der Waals surface area contributed by atoms with Crippen molar-refractivity contribution in [3.8, 4) is 0 Å². The Morgan fingerprint density at radius 3 is 2.34 bits per heavy atom. The van der Waals surface area contributed by atoms with Crippen LogP contribution in [0.15, 0.2) is 84.0 Å². The molecule has 0 aliphatic heterocycles. The molecule has 0 bridgehead atoms. The standard InChI is InChI=1S/C20H19ClN2O4S2/c21-18-8-4-6-16(12-18)15-28(24,25)23-14-20(17-7-5-11-22-13-17)29(26,27)19-9-2-1-3-10-19/h1-13,20,23H,14-15H2. The van der Waals surface area contributed by atoms with Gasteiger partial charge in [-0.2, -0.15) is 0 Å². The van der Waals surface area contributed by atoms with Gasteiger partial charge in [-0.1, -0.05) is 48.0 Å². The molecule has 1 unspecified atom stereocenters. The number of rotatable bonds is 8. The molecule has 1 N–H and O–H groups in total. The van der Waals surface area contributed by atoms with Gasteiger partial charge in [0.2, 0.25) is 10.0 Å². The molecular weight excluding hydrogens is 432 g/mol. The lowest BCUT2D eigenvalue weighted by Crippen LogP contribution is -2.32. The van der Waals surface area contributed by atoms with Gasteiger partial charge < -0.3 is 0 Å². The summed E-state index contributed by atoms with van der Waals surface area (Å²) in [7, 11) is -7.63. The summed E-state index contributed by atoms with van der Waals surface area (Å²) in [6.45, 7) is -0.314. The third kappa shape index (κ3) is 5.63. The van der Waals surface area contributed by atoms with E-state index in [0.29, 0.717) is 16.1 Å². The van der Waals surface area contributed by atoms with E-state index < -0.39 is 25.1 Å². The predicted molar refractivity (Wildman–Crippen MR) is 113 cm³/mol. The van der Waals surface area contributed by atoms with Crippen LogP contribution in [-0.2, 0) is 25.6 Å². The van der Waals surface area contributed by atoms with Crippen molar-refractivity contribution in [2.75, 3.05) is 6.54 Å². The molecule has 1 heterocycles. The summed E-state index contributed by atoms with van der Waals surface area (Å²) in [5.74, 6) is -0.307. The van der Waals surface area contributed by atoms with Gasteiger partial charge in [0, 0.05) is 24.0 Å². The van der Waals surface area contributed by atoms with Gasteiger partial charge in [-0.05, 0) is 41.5 Å². The number of nitrogens with zero attached hydrogens (tertiary/aromatic N) is 1. The van der Waals surface area contributed by atoms with Crippen LogP contribution in [0.1, 0.15) is 16.4 Å². The van der Waals surface area contributed by atoms with Gasteiger partial charge in [-0.25, -0.2) is 21.6 Å². The van der Waals surface area contributed by atoms with Crippen molar-refractivity contribution < 1.29 is 16.8 Å². The van der Waals surface area contributed by atoms with Crippen LogP contribution < -0.4 is 4.72 Å². The van der Waals surface area contributed by atoms with Crippen molar-refractivity contribution in [3.05, 3.63) is 95.3 Å². The van der Waals surface area contributed by atoms with Crippen molar-refractivity contribution in [2.45, 2.75) is 15.9 Å². The molecule has 0 saturated carbocycles. The average Bonchev–Trinajstić information content (AvgIpc) is 2.69. The Labute approximate surface area is 175 Å². The molecule has 0 radical (unpaired) electrons. The van der Waals surface area contributed by atoms with E-state index in [9.17, 15) is 16.8 Å². The summed E-state index contributed by atoms with van der Waals surface area (Å²) in [5.41, 5.74) is 0.913. The first-order chi connectivity index (χ1) is 13.8. The molecule has 29 heavy (non-hydrogen) atoms. The molecule has 2 aromatic carbocycles. The molecule has 3 rings (SSSR count). The molecule has 3 aromatic rings. The van der Waals surface area contributed by atoms with E-state index in [-0.39, 0.29) is 17.2 Å². The molecular formula is C20H19ClN2O4S2. The molecule has 6 nitrogen and oxygen atoms in total. The third-order valence-electron chi connectivity index (χ3n) is 4.24. The second-order valence-corrected chi connectivity index (χ2v) is 10.7. The number of benzene rings is 2. The Kier molecular flexibility index (Phi) is 6.69. The highest BCUT2D eigenvalue weighted by molar-refractivity contribution is 7.92. The molecule has 152 valence electrons. The molecule has 0 spiro atoms. The van der Waals surface area contributed by atoms with E-state index in [1.54, 1.807) is 54.6 Å². The number of hydrogen-bond acceptors (Lipinski definition) is 5. The van der Waals surface area contributed by atoms with Crippen molar-refractivity contribution >= 4 is 31.5 Å². The Hall–Kier alpha value is -2.26. The minimum Gasteiger partial charge on any atom is -0.264 e. The van der Waals surface area contributed by atoms with Crippen molar-refractivity contribution in [1.82, 2.24) is 9.71 Å². The summed E-state index contributed by atoms with van der Waals surface area (Å²) in [4.78, 5) is 4.09. The molecule has 1 aromatic heterocycles. The highest BCUT2D eigenvalue weighted by Crippen LogP contribution is 2.28. The Balaban J connectivity index is 1.86. The van der Waals surface area contributed by atoms with Crippen molar-refractivity contribution in [1.29, 1.82) is 0 Å². The van der Waals surface area contributed by atoms with E-state index >= 15 is 0 Å². The largest absolute Gasteiger partial charge is 0.264 e. The first kappa shape index (κ1) is 21.4. The molecule has 0 aliphatic rings. The average molecular weight is 451 g/mol. The number of halogens is 1. The fourth-order valence-electron chi connectivity index (χ4n) is 2.85. The Bertz CT molecular complexity index is 1170. The lowest BCUT2D eigenvalue weighted by Gasteiger charge is -2.19. The Morgan fingerprint density at radius 2 is 1.69 bits per heavy atom. The highest BCUT2D eigenvalue weighted by Gasteiger charge is 2.30. The van der Waals surface area contributed by atoms with Crippen LogP contribution in [0, 0.1) is 0 Å². The van der Waals surface area contributed by atoms with E-state index in [1.807, 2.05) is 0 Å². The zero-order chi connectivity index (χ0) is 20.9. The second kappa shape index (κ2) is 9.04. The van der Waals surface area contributed by atoms with Crippen LogP contribution in [0.2, 0.25) is 5.02 Å². The van der Waals surface area contributed by atoms with E-state index in [1.165, 1.54) is 24.5 Å². The van der Waals surface area contributed by atoms with Crippen LogP contribution >= 0.6 is 11.6 Å². The molecule has 1 atom stereocenters. The van der Waals surface area contributed by atoms with Crippen LogP contribution in [0.4, 0.5) is 0 Å². The number of pyridine rings is 1. The minimum atomic E-state index is -3.84. The molecule has 9 heteroatoms. The monoisotopic (exact) mass is 450 g/mol. The number of aromatic nitrogens is 1. The van der Waals surface area contributed by atoms with E-state index in [0.717, 1.165) is 0 Å². The third-order valence-corrected chi connectivity index (χ3v) is 7.91. The van der Waals surface area contributed by atoms with Gasteiger partial charge in [-0.15, -0.1) is 0 Å². The summed E-state index contributed by atoms with van der Waals surface area (Å²) in [6.07, 6.45) is 2.95. The molecule has 0 amide bonds. The van der Waals surface area contributed by atoms with Crippen molar-refractivity contribution in [2.24, 2.45) is 0 Å². The van der Waals surface area contributed by atoms with Crippen molar-refractivity contribution in [3.63, 3.8) is 0 Å². The molecule has 0 aliphatic carbocycles. The number of sulfone groups is 1. The SMILES string of the molecule is O=S(=O)(Cc1cccc(Cl)c1)NCC(c1cccnc1)S(=O)(=O)c1ccccc1. The molecule has 0 fully saturated rings. The number of hydrogen-bond donors (Lipinski definition) is 1. The van der Waals surface area contributed by atoms with E-state index in [4.69, 9.17) is 11.6 Å². The van der Waals surface area contributed by atoms with Crippen LogP contribution in [0.5, 0.6) is 0 Å². The topological polar surface area (TPSA) is 93.2 Å². The minimum absolute atomic E-state index is 0.114. The number of sulfonamides is 1. The smallest absolute Gasteiger partial charge is 0.215 e. The first-order valence-electron chi connectivity index (χ1n) is 8.68. The predicted octanol–water partition coefficient (Wildman–Crippen LogP) is 3.37. The van der Waals surface area contributed by atoms with Crippen LogP contribution in [0.3, 0.4) is 0 Å². The van der Waals surface area contributed by atoms with Gasteiger partial charge in [0.1, 0.15) is 5.25 Å². The second-order valence-electron chi connectivity index (χ2n) is 6.37. The van der Waals surface area contributed by atoms with Gasteiger partial charge in [0.05, 0.1) is 10.6 Å². The maximum Gasteiger partial charge on any atom is 0.215 e. The maximum atomic E-state index is 13.2. The maximum absolute atomic E-state index is 13.2. The van der Waals surface area contributed by atoms with Gasteiger partial charge >= 0.3 is 0 Å². The van der Waals surface area contributed by atoms with Crippen LogP contribution in [0.25, 0.3) is 0 Å². The summed E-state index contributed by atoms with van der Waals surface area (Å²) >= 11 is 5.91. The summed E-state index contributed by atoms with van der Waals surface area (Å²) in [6, 6.07) is 17.7. The normalized spacial score (nSPS) is 13.1. The van der Waals surface area contributed by atoms with Crippen LogP contribution in [-0.4, -0.2) is 28.4 Å². The number of nitrogens with one attached hydrogen (secondary N) is 1.